The van der Waals surface area contributed by atoms with Gasteiger partial charge in [0.15, 0.2) is 5.75 Å². The monoisotopic (exact) mass is 202 g/mol. The molecule has 0 N–H and O–H groups in total. The molecule has 68 valence electrons. The Hall–Kier alpha value is -1.30. The summed E-state index contributed by atoms with van der Waals surface area (Å²) in [5, 5.41) is 3.81. The lowest BCUT2D eigenvalue weighted by Crippen LogP contribution is -1.89. The van der Waals surface area contributed by atoms with Crippen molar-refractivity contribution in [3.05, 3.63) is 30.3 Å². The van der Waals surface area contributed by atoms with Crippen molar-refractivity contribution >= 4 is 17.9 Å². The fourth-order valence-electron chi connectivity index (χ4n) is 1.06. The minimum atomic E-state index is -0.438. The van der Waals surface area contributed by atoms with Crippen LogP contribution in [0.3, 0.4) is 0 Å². The van der Waals surface area contributed by atoms with E-state index >= 15 is 0 Å². The third kappa shape index (κ3) is 1.44. The second kappa shape index (κ2) is 3.21. The van der Waals surface area contributed by atoms with Gasteiger partial charge >= 0.3 is 0 Å². The van der Waals surface area contributed by atoms with Gasteiger partial charge in [-0.25, -0.2) is 8.91 Å². The van der Waals surface area contributed by atoms with Crippen molar-refractivity contribution in [3.63, 3.8) is 0 Å². The highest BCUT2D eigenvalue weighted by molar-refractivity contribution is 7.89. The van der Waals surface area contributed by atoms with Gasteiger partial charge in [0.2, 0.25) is 0 Å². The molecule has 0 bridgehead atoms. The van der Waals surface area contributed by atoms with E-state index in [9.17, 15) is 8.28 Å². The van der Waals surface area contributed by atoms with Crippen molar-refractivity contribution in [3.8, 4) is 5.75 Å². The second-order valence-corrected chi connectivity index (χ2v) is 2.62. The molecule has 0 fully saturated rings. The summed E-state index contributed by atoms with van der Waals surface area (Å²) >= 11 is -0.285. The lowest BCUT2D eigenvalue weighted by atomic mass is 10.4. The van der Waals surface area contributed by atoms with Gasteiger partial charge in [0, 0.05) is 12.1 Å². The standard InChI is InChI=1S/C7H4F2N2OS/c8-5-3-6-7(12-13-9)1-2-10-11(6)4-5/h1-4H. The lowest BCUT2D eigenvalue weighted by Gasteiger charge is -1.99. The van der Waals surface area contributed by atoms with E-state index in [2.05, 4.69) is 9.28 Å². The first kappa shape index (κ1) is 8.31. The normalized spacial score (nSPS) is 10.6. The van der Waals surface area contributed by atoms with Crippen LogP contribution in [-0.2, 0) is 0 Å². The Morgan fingerprint density at radius 1 is 1.54 bits per heavy atom. The molecule has 13 heavy (non-hydrogen) atoms. The quantitative estimate of drug-likeness (QED) is 0.699. The molecule has 0 radical (unpaired) electrons. The summed E-state index contributed by atoms with van der Waals surface area (Å²) < 4.78 is 30.3. The van der Waals surface area contributed by atoms with Gasteiger partial charge in [0.1, 0.15) is 11.3 Å². The van der Waals surface area contributed by atoms with Gasteiger partial charge in [0.25, 0.3) is 12.4 Å². The maximum absolute atomic E-state index is 12.7. The first-order chi connectivity index (χ1) is 6.31. The van der Waals surface area contributed by atoms with Crippen molar-refractivity contribution in [2.75, 3.05) is 0 Å². The Labute approximate surface area is 76.8 Å². The first-order valence-corrected chi connectivity index (χ1v) is 4.03. The topological polar surface area (TPSA) is 26.5 Å². The molecule has 0 amide bonds. The van der Waals surface area contributed by atoms with Crippen molar-refractivity contribution < 1.29 is 12.5 Å². The summed E-state index contributed by atoms with van der Waals surface area (Å²) in [4.78, 5) is 0. The number of fused-ring (bicyclic) bond motifs is 1. The molecule has 2 aromatic rings. The van der Waals surface area contributed by atoms with Crippen molar-refractivity contribution in [1.82, 2.24) is 9.61 Å². The predicted molar refractivity (Wildman–Crippen MR) is 44.5 cm³/mol. The minimum Gasteiger partial charge on any atom is -0.395 e. The Morgan fingerprint density at radius 2 is 2.38 bits per heavy atom. The number of aromatic nitrogens is 2. The summed E-state index contributed by atoms with van der Waals surface area (Å²) in [6.07, 6.45) is 2.59. The third-order valence-corrected chi connectivity index (χ3v) is 1.80. The molecule has 2 aromatic heterocycles. The second-order valence-electron chi connectivity index (χ2n) is 2.33. The third-order valence-electron chi connectivity index (χ3n) is 1.56. The van der Waals surface area contributed by atoms with E-state index in [1.807, 2.05) is 0 Å². The molecule has 3 nitrogen and oxygen atoms in total. The highest BCUT2D eigenvalue weighted by atomic mass is 32.2. The largest absolute Gasteiger partial charge is 0.395 e. The molecule has 0 saturated heterocycles. The van der Waals surface area contributed by atoms with Crippen molar-refractivity contribution in [2.45, 2.75) is 0 Å². The van der Waals surface area contributed by atoms with Gasteiger partial charge in [-0.3, -0.25) is 0 Å². The average Bonchev–Trinajstić information content (AvgIpc) is 2.47. The summed E-state index contributed by atoms with van der Waals surface area (Å²) in [5.41, 5.74) is 0.394. The van der Waals surface area contributed by atoms with Crippen LogP contribution < -0.4 is 4.18 Å². The van der Waals surface area contributed by atoms with Crippen LogP contribution in [0.25, 0.3) is 5.52 Å². The van der Waals surface area contributed by atoms with Gasteiger partial charge < -0.3 is 4.18 Å². The van der Waals surface area contributed by atoms with Gasteiger partial charge in [-0.2, -0.15) is 5.10 Å². The van der Waals surface area contributed by atoms with E-state index in [4.69, 9.17) is 0 Å². The van der Waals surface area contributed by atoms with E-state index in [1.165, 1.54) is 29.0 Å². The number of hydrogen-bond acceptors (Lipinski definition) is 3. The fourth-order valence-corrected chi connectivity index (χ4v) is 1.27. The number of halogens is 2. The molecule has 0 aromatic carbocycles. The number of nitrogens with zero attached hydrogens (tertiary/aromatic N) is 2. The molecular weight excluding hydrogens is 198 g/mol. The summed E-state index contributed by atoms with van der Waals surface area (Å²) in [6, 6.07) is 2.68. The van der Waals surface area contributed by atoms with Gasteiger partial charge in [0.05, 0.1) is 12.4 Å². The summed E-state index contributed by atoms with van der Waals surface area (Å²) in [7, 11) is 0. The molecule has 2 rings (SSSR count). The van der Waals surface area contributed by atoms with Crippen LogP contribution in [0.1, 0.15) is 0 Å². The van der Waals surface area contributed by atoms with E-state index in [1.54, 1.807) is 0 Å². The van der Waals surface area contributed by atoms with Gasteiger partial charge in [-0.1, -0.05) is 0 Å². The van der Waals surface area contributed by atoms with E-state index in [0.717, 1.165) is 0 Å². The van der Waals surface area contributed by atoms with E-state index < -0.39 is 5.82 Å². The molecule has 0 spiro atoms. The number of rotatable bonds is 2. The van der Waals surface area contributed by atoms with E-state index in [-0.39, 0.29) is 18.2 Å². The Bertz CT molecular complexity index is 431. The van der Waals surface area contributed by atoms with Gasteiger partial charge in [-0.15, -0.1) is 3.89 Å². The molecule has 0 unspecified atom stereocenters. The zero-order chi connectivity index (χ0) is 9.26. The molecule has 0 aliphatic heterocycles. The summed E-state index contributed by atoms with van der Waals surface area (Å²) in [6.45, 7) is 0. The Kier molecular flexibility index (Phi) is 2.05. The van der Waals surface area contributed by atoms with Crippen LogP contribution in [0.15, 0.2) is 24.5 Å². The maximum atomic E-state index is 12.7. The summed E-state index contributed by atoms with van der Waals surface area (Å²) in [5.74, 6) is -0.196. The molecule has 2 heterocycles. The predicted octanol–water partition coefficient (Wildman–Crippen LogP) is 2.38. The molecule has 0 atom stereocenters. The Morgan fingerprint density at radius 3 is 3.15 bits per heavy atom. The van der Waals surface area contributed by atoms with Crippen LogP contribution in [0.2, 0.25) is 0 Å². The lowest BCUT2D eigenvalue weighted by molar-refractivity contribution is 0.610. The van der Waals surface area contributed by atoms with Crippen LogP contribution in [0, 0.1) is 5.82 Å². The SMILES string of the molecule is FSOc1ccnn2cc(F)cc12. The first-order valence-electron chi connectivity index (χ1n) is 3.39. The van der Waals surface area contributed by atoms with Gasteiger partial charge in [-0.05, 0) is 0 Å². The highest BCUT2D eigenvalue weighted by Gasteiger charge is 2.06. The van der Waals surface area contributed by atoms with Crippen LogP contribution >= 0.6 is 12.4 Å². The minimum absolute atomic E-state index is 0.242. The van der Waals surface area contributed by atoms with Crippen LogP contribution in [-0.4, -0.2) is 9.61 Å². The zero-order valence-electron chi connectivity index (χ0n) is 6.28. The van der Waals surface area contributed by atoms with E-state index in [0.29, 0.717) is 5.52 Å². The van der Waals surface area contributed by atoms with Crippen LogP contribution in [0.5, 0.6) is 5.75 Å². The fraction of sp³-hybridized carbons (Fsp3) is 0. The van der Waals surface area contributed by atoms with Crippen molar-refractivity contribution in [2.24, 2.45) is 0 Å². The maximum Gasteiger partial charge on any atom is 0.272 e. The van der Waals surface area contributed by atoms with Crippen molar-refractivity contribution in [1.29, 1.82) is 0 Å². The zero-order valence-corrected chi connectivity index (χ0v) is 7.09. The molecule has 0 aliphatic rings. The van der Waals surface area contributed by atoms with Crippen LogP contribution in [0.4, 0.5) is 8.28 Å². The smallest absolute Gasteiger partial charge is 0.272 e. The molecule has 6 heteroatoms. The average molecular weight is 202 g/mol. The highest BCUT2D eigenvalue weighted by Crippen LogP contribution is 2.23. The molecular formula is C7H4F2N2OS. The number of hydrogen-bond donors (Lipinski definition) is 0. The molecule has 0 saturated carbocycles. The Balaban J connectivity index is 2.60. The molecule has 0 aliphatic carbocycles.